The zero-order valence-electron chi connectivity index (χ0n) is 12.2. The van der Waals surface area contributed by atoms with Crippen molar-refractivity contribution in [3.63, 3.8) is 0 Å². The third-order valence-electron chi connectivity index (χ3n) is 3.09. The van der Waals surface area contributed by atoms with Gasteiger partial charge in [0.2, 0.25) is 0 Å². The standard InChI is InChI=1S/C16H19N3O2/c1-3-19(14-9-7-12(17)8-10-14)16(20)18-13-5-4-6-15(11-13)21-2/h4-11H,3,17H2,1-2H3,(H,18,20). The second-order valence-corrected chi connectivity index (χ2v) is 4.50. The smallest absolute Gasteiger partial charge is 0.326 e. The lowest BCUT2D eigenvalue weighted by Crippen LogP contribution is -2.34. The van der Waals surface area contributed by atoms with Gasteiger partial charge in [0.1, 0.15) is 5.75 Å². The summed E-state index contributed by atoms with van der Waals surface area (Å²) in [6.45, 7) is 2.47. The highest BCUT2D eigenvalue weighted by Crippen LogP contribution is 2.20. The number of carbonyl (C=O) groups is 1. The third-order valence-corrected chi connectivity index (χ3v) is 3.09. The van der Waals surface area contributed by atoms with Crippen LogP contribution in [0.1, 0.15) is 6.92 Å². The molecule has 2 aromatic rings. The Balaban J connectivity index is 2.14. The summed E-state index contributed by atoms with van der Waals surface area (Å²) in [6.07, 6.45) is 0. The summed E-state index contributed by atoms with van der Waals surface area (Å²) in [4.78, 5) is 14.0. The van der Waals surface area contributed by atoms with Gasteiger partial charge in [0, 0.05) is 29.7 Å². The molecule has 3 N–H and O–H groups in total. The molecule has 0 aliphatic heterocycles. The molecule has 0 fully saturated rings. The highest BCUT2D eigenvalue weighted by molar-refractivity contribution is 6.01. The minimum absolute atomic E-state index is 0.199. The van der Waals surface area contributed by atoms with E-state index >= 15 is 0 Å². The largest absolute Gasteiger partial charge is 0.497 e. The number of nitrogens with zero attached hydrogens (tertiary/aromatic N) is 1. The van der Waals surface area contributed by atoms with Crippen molar-refractivity contribution in [1.82, 2.24) is 0 Å². The van der Waals surface area contributed by atoms with Crippen LogP contribution in [-0.2, 0) is 0 Å². The summed E-state index contributed by atoms with van der Waals surface area (Å²) in [5.41, 5.74) is 7.82. The van der Waals surface area contributed by atoms with Crippen molar-refractivity contribution in [1.29, 1.82) is 0 Å². The van der Waals surface area contributed by atoms with Gasteiger partial charge in [0.05, 0.1) is 7.11 Å². The van der Waals surface area contributed by atoms with Crippen LogP contribution in [0, 0.1) is 0 Å². The van der Waals surface area contributed by atoms with Crippen LogP contribution < -0.4 is 20.7 Å². The summed E-state index contributed by atoms with van der Waals surface area (Å²) >= 11 is 0. The lowest BCUT2D eigenvalue weighted by atomic mass is 10.2. The Labute approximate surface area is 124 Å². The molecule has 0 heterocycles. The number of hydrogen-bond acceptors (Lipinski definition) is 3. The van der Waals surface area contributed by atoms with Gasteiger partial charge >= 0.3 is 6.03 Å². The van der Waals surface area contributed by atoms with Crippen molar-refractivity contribution in [2.75, 3.05) is 29.6 Å². The first-order valence-corrected chi connectivity index (χ1v) is 6.72. The average molecular weight is 285 g/mol. The number of nitrogen functional groups attached to an aromatic ring is 1. The summed E-state index contributed by atoms with van der Waals surface area (Å²) in [6, 6.07) is 14.2. The molecule has 2 aromatic carbocycles. The van der Waals surface area contributed by atoms with Crippen molar-refractivity contribution < 1.29 is 9.53 Å². The Morgan fingerprint density at radius 2 is 1.95 bits per heavy atom. The fraction of sp³-hybridized carbons (Fsp3) is 0.188. The van der Waals surface area contributed by atoms with Crippen molar-refractivity contribution >= 4 is 23.1 Å². The zero-order chi connectivity index (χ0) is 15.2. The predicted octanol–water partition coefficient (Wildman–Crippen LogP) is 3.34. The number of nitrogens with one attached hydrogen (secondary N) is 1. The fourth-order valence-corrected chi connectivity index (χ4v) is 1.99. The van der Waals surface area contributed by atoms with E-state index in [4.69, 9.17) is 10.5 Å². The molecule has 0 aliphatic carbocycles. The first-order chi connectivity index (χ1) is 10.1. The maximum atomic E-state index is 12.4. The van der Waals surface area contributed by atoms with Crippen molar-refractivity contribution in [3.8, 4) is 5.75 Å². The van der Waals surface area contributed by atoms with Crippen LogP contribution in [0.4, 0.5) is 21.9 Å². The van der Waals surface area contributed by atoms with E-state index in [1.54, 1.807) is 30.2 Å². The number of amides is 2. The second-order valence-electron chi connectivity index (χ2n) is 4.50. The van der Waals surface area contributed by atoms with E-state index in [0.717, 1.165) is 5.69 Å². The normalized spacial score (nSPS) is 10.0. The maximum absolute atomic E-state index is 12.4. The van der Waals surface area contributed by atoms with Gasteiger partial charge in [-0.05, 0) is 43.3 Å². The minimum atomic E-state index is -0.199. The first-order valence-electron chi connectivity index (χ1n) is 6.72. The maximum Gasteiger partial charge on any atom is 0.326 e. The minimum Gasteiger partial charge on any atom is -0.497 e. The number of hydrogen-bond donors (Lipinski definition) is 2. The topological polar surface area (TPSA) is 67.6 Å². The molecule has 21 heavy (non-hydrogen) atoms. The predicted molar refractivity (Wildman–Crippen MR) is 85.9 cm³/mol. The molecule has 0 unspecified atom stereocenters. The van der Waals surface area contributed by atoms with E-state index in [2.05, 4.69) is 5.32 Å². The number of benzene rings is 2. The molecule has 0 bridgehead atoms. The van der Waals surface area contributed by atoms with E-state index in [-0.39, 0.29) is 6.03 Å². The van der Waals surface area contributed by atoms with Gasteiger partial charge in [-0.3, -0.25) is 4.90 Å². The number of carbonyl (C=O) groups excluding carboxylic acids is 1. The van der Waals surface area contributed by atoms with Gasteiger partial charge in [-0.1, -0.05) is 6.07 Å². The van der Waals surface area contributed by atoms with Crippen LogP contribution >= 0.6 is 0 Å². The van der Waals surface area contributed by atoms with E-state index in [0.29, 0.717) is 23.7 Å². The van der Waals surface area contributed by atoms with Crippen LogP contribution in [0.25, 0.3) is 0 Å². The lowest BCUT2D eigenvalue weighted by molar-refractivity contribution is 0.257. The average Bonchev–Trinajstić information content (AvgIpc) is 2.50. The molecule has 0 saturated carbocycles. The van der Waals surface area contributed by atoms with Gasteiger partial charge in [-0.15, -0.1) is 0 Å². The Hall–Kier alpha value is -2.69. The molecule has 0 radical (unpaired) electrons. The van der Waals surface area contributed by atoms with Crippen LogP contribution in [0.2, 0.25) is 0 Å². The van der Waals surface area contributed by atoms with Gasteiger partial charge < -0.3 is 15.8 Å². The molecule has 0 saturated heterocycles. The molecule has 0 atom stereocenters. The Kier molecular flexibility index (Phi) is 4.66. The monoisotopic (exact) mass is 285 g/mol. The Morgan fingerprint density at radius 3 is 2.57 bits per heavy atom. The Morgan fingerprint density at radius 1 is 1.24 bits per heavy atom. The van der Waals surface area contributed by atoms with Gasteiger partial charge in [0.15, 0.2) is 0 Å². The number of urea groups is 1. The van der Waals surface area contributed by atoms with Crippen LogP contribution in [0.15, 0.2) is 48.5 Å². The number of ether oxygens (including phenoxy) is 1. The fourth-order valence-electron chi connectivity index (χ4n) is 1.99. The molecule has 5 heteroatoms. The quantitative estimate of drug-likeness (QED) is 0.847. The summed E-state index contributed by atoms with van der Waals surface area (Å²) in [5.74, 6) is 0.698. The van der Waals surface area contributed by atoms with Crippen LogP contribution in [-0.4, -0.2) is 19.7 Å². The highest BCUT2D eigenvalue weighted by atomic mass is 16.5. The Bertz CT molecular complexity index is 611. The van der Waals surface area contributed by atoms with Gasteiger partial charge in [0.25, 0.3) is 0 Å². The molecule has 0 aliphatic rings. The summed E-state index contributed by atoms with van der Waals surface area (Å²) in [7, 11) is 1.59. The molecule has 5 nitrogen and oxygen atoms in total. The molecule has 0 spiro atoms. The van der Waals surface area contributed by atoms with Crippen LogP contribution in [0.5, 0.6) is 5.75 Å². The zero-order valence-corrected chi connectivity index (χ0v) is 12.2. The second kappa shape index (κ2) is 6.65. The SMILES string of the molecule is CCN(C(=O)Nc1cccc(OC)c1)c1ccc(N)cc1. The van der Waals surface area contributed by atoms with Crippen molar-refractivity contribution in [3.05, 3.63) is 48.5 Å². The first kappa shape index (κ1) is 14.7. The summed E-state index contributed by atoms with van der Waals surface area (Å²) in [5, 5.41) is 2.86. The van der Waals surface area contributed by atoms with Gasteiger partial charge in [-0.2, -0.15) is 0 Å². The molecule has 110 valence electrons. The van der Waals surface area contributed by atoms with Crippen LogP contribution in [0.3, 0.4) is 0 Å². The molecule has 2 amide bonds. The van der Waals surface area contributed by atoms with E-state index in [9.17, 15) is 4.79 Å². The molecular formula is C16H19N3O2. The van der Waals surface area contributed by atoms with E-state index in [1.165, 1.54) is 0 Å². The third kappa shape index (κ3) is 3.66. The molecular weight excluding hydrogens is 266 g/mol. The van der Waals surface area contributed by atoms with E-state index < -0.39 is 0 Å². The number of nitrogens with two attached hydrogens (primary N) is 1. The van der Waals surface area contributed by atoms with Gasteiger partial charge in [-0.25, -0.2) is 4.79 Å². The van der Waals surface area contributed by atoms with E-state index in [1.807, 2.05) is 37.3 Å². The molecule has 2 rings (SSSR count). The number of anilines is 3. The van der Waals surface area contributed by atoms with Crippen molar-refractivity contribution in [2.24, 2.45) is 0 Å². The van der Waals surface area contributed by atoms with Crippen molar-refractivity contribution in [2.45, 2.75) is 6.92 Å². The lowest BCUT2D eigenvalue weighted by Gasteiger charge is -2.21. The molecule has 0 aromatic heterocycles. The summed E-state index contributed by atoms with van der Waals surface area (Å²) < 4.78 is 5.14. The highest BCUT2D eigenvalue weighted by Gasteiger charge is 2.14. The number of rotatable bonds is 4. The number of methoxy groups -OCH3 is 1.